The van der Waals surface area contributed by atoms with Gasteiger partial charge in [-0.1, -0.05) is 13.8 Å². The Hall–Kier alpha value is -0.850. The predicted octanol–water partition coefficient (Wildman–Crippen LogP) is 2.59. The van der Waals surface area contributed by atoms with E-state index in [1.165, 1.54) is 0 Å². The maximum Gasteiger partial charge on any atom is 0.276 e. The lowest BCUT2D eigenvalue weighted by Crippen LogP contribution is -2.44. The van der Waals surface area contributed by atoms with Gasteiger partial charge in [0.25, 0.3) is 10.0 Å². The van der Waals surface area contributed by atoms with E-state index in [1.54, 1.807) is 16.4 Å². The molecule has 0 spiro atoms. The third-order valence-electron chi connectivity index (χ3n) is 3.99. The zero-order chi connectivity index (χ0) is 15.5. The molecule has 1 aromatic rings. The van der Waals surface area contributed by atoms with Crippen molar-refractivity contribution in [2.75, 3.05) is 13.1 Å². The van der Waals surface area contributed by atoms with Crippen LogP contribution in [0.3, 0.4) is 0 Å². The largest absolute Gasteiger partial charge is 0.447 e. The van der Waals surface area contributed by atoms with Gasteiger partial charge in [-0.15, -0.1) is 0 Å². The van der Waals surface area contributed by atoms with Crippen LogP contribution < -0.4 is 5.32 Å². The summed E-state index contributed by atoms with van der Waals surface area (Å²) in [5.74, 6) is 1.07. The van der Waals surface area contributed by atoms with Crippen molar-refractivity contribution in [3.05, 3.63) is 17.9 Å². The Morgan fingerprint density at radius 1 is 1.33 bits per heavy atom. The third-order valence-corrected chi connectivity index (χ3v) is 5.84. The van der Waals surface area contributed by atoms with Crippen molar-refractivity contribution in [1.29, 1.82) is 0 Å². The molecule has 2 atom stereocenters. The van der Waals surface area contributed by atoms with Crippen LogP contribution in [0.15, 0.2) is 21.6 Å². The highest BCUT2D eigenvalue weighted by molar-refractivity contribution is 7.89. The van der Waals surface area contributed by atoms with Gasteiger partial charge in [0.05, 0.1) is 6.54 Å². The molecule has 120 valence electrons. The minimum atomic E-state index is -3.52. The molecule has 2 rings (SSSR count). The zero-order valence-electron chi connectivity index (χ0n) is 13.1. The summed E-state index contributed by atoms with van der Waals surface area (Å²) in [5, 5.41) is 3.28. The fourth-order valence-electron chi connectivity index (χ4n) is 2.68. The summed E-state index contributed by atoms with van der Waals surface area (Å²) >= 11 is 0. The second-order valence-electron chi connectivity index (χ2n) is 6.00. The van der Waals surface area contributed by atoms with Crippen LogP contribution in [0.2, 0.25) is 0 Å². The number of hydrogen-bond acceptors (Lipinski definition) is 4. The lowest BCUT2D eigenvalue weighted by molar-refractivity contribution is 0.213. The van der Waals surface area contributed by atoms with Crippen LogP contribution in [0, 0.1) is 5.92 Å². The molecule has 1 N–H and O–H groups in total. The van der Waals surface area contributed by atoms with Crippen LogP contribution in [0.1, 0.15) is 45.8 Å². The second-order valence-corrected chi connectivity index (χ2v) is 7.83. The van der Waals surface area contributed by atoms with Gasteiger partial charge in [-0.05, 0) is 50.8 Å². The van der Waals surface area contributed by atoms with Crippen molar-refractivity contribution >= 4 is 10.0 Å². The fourth-order valence-corrected chi connectivity index (χ4v) is 4.39. The maximum atomic E-state index is 12.7. The monoisotopic (exact) mass is 314 g/mol. The Morgan fingerprint density at radius 3 is 2.81 bits per heavy atom. The minimum Gasteiger partial charge on any atom is -0.447 e. The molecule has 5 nitrogen and oxygen atoms in total. The SMILES string of the molecule is CCCNCc1ccc(S(=O)(=O)N2CC(C)CCC2C)o1. The van der Waals surface area contributed by atoms with Gasteiger partial charge in [0.2, 0.25) is 5.09 Å². The van der Waals surface area contributed by atoms with Crippen molar-refractivity contribution in [3.63, 3.8) is 0 Å². The molecule has 2 heterocycles. The molecular formula is C15H26N2O3S. The van der Waals surface area contributed by atoms with E-state index in [9.17, 15) is 8.42 Å². The average molecular weight is 314 g/mol. The first-order chi connectivity index (χ1) is 9.95. The van der Waals surface area contributed by atoms with E-state index < -0.39 is 10.0 Å². The normalized spacial score (nSPS) is 24.3. The van der Waals surface area contributed by atoms with Crippen LogP contribution in [0.4, 0.5) is 0 Å². The van der Waals surface area contributed by atoms with E-state index in [1.807, 2.05) is 6.92 Å². The summed E-state index contributed by atoms with van der Waals surface area (Å²) in [7, 11) is -3.52. The quantitative estimate of drug-likeness (QED) is 0.820. The summed E-state index contributed by atoms with van der Waals surface area (Å²) in [6, 6.07) is 3.36. The first-order valence-corrected chi connectivity index (χ1v) is 9.20. The highest BCUT2D eigenvalue weighted by atomic mass is 32.2. The Labute approximate surface area is 127 Å². The number of piperidine rings is 1. The molecule has 2 unspecified atom stereocenters. The molecule has 6 heteroatoms. The standard InChI is InChI=1S/C15H26N2O3S/c1-4-9-16-10-14-7-8-15(20-14)21(18,19)17-11-12(2)5-6-13(17)3/h7-8,12-13,16H,4-6,9-11H2,1-3H3. The number of furan rings is 1. The first-order valence-electron chi connectivity index (χ1n) is 7.76. The van der Waals surface area contributed by atoms with Gasteiger partial charge in [0.15, 0.2) is 0 Å². The minimum absolute atomic E-state index is 0.0398. The zero-order valence-corrected chi connectivity index (χ0v) is 13.9. The fraction of sp³-hybridized carbons (Fsp3) is 0.733. The summed E-state index contributed by atoms with van der Waals surface area (Å²) in [4.78, 5) is 0. The molecule has 1 saturated heterocycles. The van der Waals surface area contributed by atoms with Gasteiger partial charge in [0, 0.05) is 12.6 Å². The third kappa shape index (κ3) is 3.87. The number of rotatable bonds is 6. The summed E-state index contributed by atoms with van der Waals surface area (Å²) in [6.07, 6.45) is 3.03. The molecule has 0 radical (unpaired) electrons. The highest BCUT2D eigenvalue weighted by Gasteiger charge is 2.35. The molecule has 0 saturated carbocycles. The van der Waals surface area contributed by atoms with Crippen molar-refractivity contribution < 1.29 is 12.8 Å². The molecule has 1 fully saturated rings. The molecule has 1 aliphatic heterocycles. The van der Waals surface area contributed by atoms with Crippen molar-refractivity contribution in [2.45, 2.75) is 57.7 Å². The highest BCUT2D eigenvalue weighted by Crippen LogP contribution is 2.28. The molecular weight excluding hydrogens is 288 g/mol. The van der Waals surface area contributed by atoms with E-state index in [0.29, 0.717) is 24.8 Å². The van der Waals surface area contributed by atoms with Gasteiger partial charge >= 0.3 is 0 Å². The molecule has 21 heavy (non-hydrogen) atoms. The molecule has 0 bridgehead atoms. The Balaban J connectivity index is 2.11. The topological polar surface area (TPSA) is 62.6 Å². The van der Waals surface area contributed by atoms with Crippen LogP contribution in [0.5, 0.6) is 0 Å². The molecule has 0 amide bonds. The first kappa shape index (κ1) is 16.5. The average Bonchev–Trinajstić information content (AvgIpc) is 2.91. The van der Waals surface area contributed by atoms with Crippen LogP contribution in [-0.2, 0) is 16.6 Å². The predicted molar refractivity (Wildman–Crippen MR) is 82.5 cm³/mol. The summed E-state index contributed by atoms with van der Waals surface area (Å²) < 4.78 is 32.5. The Bertz CT molecular complexity index is 553. The summed E-state index contributed by atoms with van der Waals surface area (Å²) in [6.45, 7) is 8.18. The van der Waals surface area contributed by atoms with E-state index in [0.717, 1.165) is 25.8 Å². The van der Waals surface area contributed by atoms with E-state index in [2.05, 4.69) is 19.2 Å². The van der Waals surface area contributed by atoms with Gasteiger partial charge in [-0.3, -0.25) is 0 Å². The Kier molecular flexibility index (Phi) is 5.46. The molecule has 1 aromatic heterocycles. The lowest BCUT2D eigenvalue weighted by atomic mass is 9.97. The number of nitrogens with zero attached hydrogens (tertiary/aromatic N) is 1. The number of nitrogens with one attached hydrogen (secondary N) is 1. The van der Waals surface area contributed by atoms with Gasteiger partial charge in [-0.25, -0.2) is 8.42 Å². The van der Waals surface area contributed by atoms with E-state index in [4.69, 9.17) is 4.42 Å². The van der Waals surface area contributed by atoms with Gasteiger partial charge in [0.1, 0.15) is 5.76 Å². The van der Waals surface area contributed by atoms with Gasteiger partial charge < -0.3 is 9.73 Å². The maximum absolute atomic E-state index is 12.7. The van der Waals surface area contributed by atoms with E-state index >= 15 is 0 Å². The second kappa shape index (κ2) is 6.94. The lowest BCUT2D eigenvalue weighted by Gasteiger charge is -2.34. The van der Waals surface area contributed by atoms with Crippen LogP contribution in [-0.4, -0.2) is 31.9 Å². The van der Waals surface area contributed by atoms with Crippen molar-refractivity contribution in [1.82, 2.24) is 9.62 Å². The van der Waals surface area contributed by atoms with Gasteiger partial charge in [-0.2, -0.15) is 4.31 Å². The summed E-state index contributed by atoms with van der Waals surface area (Å²) in [5.41, 5.74) is 0. The van der Waals surface area contributed by atoms with Crippen molar-refractivity contribution in [2.24, 2.45) is 5.92 Å². The number of hydrogen-bond donors (Lipinski definition) is 1. The van der Waals surface area contributed by atoms with Crippen molar-refractivity contribution in [3.8, 4) is 0 Å². The number of sulfonamides is 1. The molecule has 1 aliphatic rings. The van der Waals surface area contributed by atoms with Crippen LogP contribution in [0.25, 0.3) is 0 Å². The Morgan fingerprint density at radius 2 is 2.10 bits per heavy atom. The van der Waals surface area contributed by atoms with Crippen LogP contribution >= 0.6 is 0 Å². The smallest absolute Gasteiger partial charge is 0.276 e. The molecule has 0 aliphatic carbocycles. The van der Waals surface area contributed by atoms with E-state index in [-0.39, 0.29) is 11.1 Å². The molecule has 0 aromatic carbocycles.